The minimum atomic E-state index is -0.0335. The number of fused-ring (bicyclic) bond motifs is 1. The molecule has 1 fully saturated rings. The molecule has 1 N–H and O–H groups in total. The highest BCUT2D eigenvalue weighted by molar-refractivity contribution is 7.18. The van der Waals surface area contributed by atoms with E-state index >= 15 is 0 Å². The molecule has 0 saturated heterocycles. The fourth-order valence-electron chi connectivity index (χ4n) is 3.37. The van der Waals surface area contributed by atoms with Gasteiger partial charge in [-0.1, -0.05) is 0 Å². The molecule has 25 heavy (non-hydrogen) atoms. The van der Waals surface area contributed by atoms with E-state index in [1.807, 2.05) is 24.7 Å². The first-order valence-electron chi connectivity index (χ1n) is 8.65. The summed E-state index contributed by atoms with van der Waals surface area (Å²) in [7, 11) is 1.99. The van der Waals surface area contributed by atoms with E-state index in [1.54, 1.807) is 11.3 Å². The zero-order chi connectivity index (χ0) is 17.7. The highest BCUT2D eigenvalue weighted by atomic mass is 32.1. The van der Waals surface area contributed by atoms with Crippen LogP contribution in [0.3, 0.4) is 0 Å². The molecule has 0 bridgehead atoms. The number of hydrogen-bond donors (Lipinski definition) is 1. The number of aromatic amines is 1. The quantitative estimate of drug-likeness (QED) is 0.762. The van der Waals surface area contributed by atoms with Gasteiger partial charge in [-0.3, -0.25) is 14.4 Å². The number of nitrogens with one attached hydrogen (secondary N) is 1. The Morgan fingerprint density at radius 3 is 2.72 bits per heavy atom. The molecule has 132 valence electrons. The van der Waals surface area contributed by atoms with Gasteiger partial charge in [0.25, 0.3) is 5.56 Å². The first kappa shape index (κ1) is 16.5. The van der Waals surface area contributed by atoms with Gasteiger partial charge in [-0.05, 0) is 39.7 Å². The van der Waals surface area contributed by atoms with Crippen LogP contribution in [0.4, 0.5) is 0 Å². The fraction of sp³-hybridized carbons (Fsp3) is 0.500. The Morgan fingerprint density at radius 2 is 2.08 bits per heavy atom. The Morgan fingerprint density at radius 1 is 1.32 bits per heavy atom. The molecule has 1 aliphatic carbocycles. The van der Waals surface area contributed by atoms with Crippen molar-refractivity contribution in [1.29, 1.82) is 0 Å². The Bertz CT molecular complexity index is 995. The van der Waals surface area contributed by atoms with E-state index < -0.39 is 0 Å². The molecule has 7 heteroatoms. The van der Waals surface area contributed by atoms with Crippen LogP contribution in [0.25, 0.3) is 10.2 Å². The van der Waals surface area contributed by atoms with Crippen molar-refractivity contribution in [2.24, 2.45) is 7.05 Å². The Kier molecular flexibility index (Phi) is 4.00. The van der Waals surface area contributed by atoms with Crippen LogP contribution in [0.2, 0.25) is 0 Å². The van der Waals surface area contributed by atoms with Crippen LogP contribution in [-0.4, -0.2) is 30.7 Å². The third-order valence-electron chi connectivity index (χ3n) is 5.01. The predicted molar refractivity (Wildman–Crippen MR) is 99.9 cm³/mol. The van der Waals surface area contributed by atoms with Crippen LogP contribution in [0.15, 0.2) is 10.9 Å². The van der Waals surface area contributed by atoms with E-state index in [1.165, 1.54) is 24.1 Å². The van der Waals surface area contributed by atoms with Crippen molar-refractivity contribution in [2.75, 3.05) is 0 Å². The second-order valence-electron chi connectivity index (χ2n) is 7.00. The predicted octanol–water partition coefficient (Wildman–Crippen LogP) is 2.81. The minimum absolute atomic E-state index is 0.0335. The summed E-state index contributed by atoms with van der Waals surface area (Å²) in [6.45, 7) is 7.70. The summed E-state index contributed by atoms with van der Waals surface area (Å²) >= 11 is 1.58. The van der Waals surface area contributed by atoms with Crippen LogP contribution in [0, 0.1) is 20.8 Å². The summed E-state index contributed by atoms with van der Waals surface area (Å²) in [6, 6.07) is 2.49. The summed E-state index contributed by atoms with van der Waals surface area (Å²) in [4.78, 5) is 24.4. The van der Waals surface area contributed by atoms with E-state index in [0.717, 1.165) is 27.8 Å². The van der Waals surface area contributed by atoms with E-state index in [9.17, 15) is 4.79 Å². The summed E-state index contributed by atoms with van der Waals surface area (Å²) < 4.78 is 1.94. The van der Waals surface area contributed by atoms with Crippen molar-refractivity contribution in [3.63, 3.8) is 0 Å². The lowest BCUT2D eigenvalue weighted by Gasteiger charge is -2.21. The molecule has 0 amide bonds. The molecule has 0 aromatic carbocycles. The van der Waals surface area contributed by atoms with Crippen LogP contribution < -0.4 is 5.56 Å². The van der Waals surface area contributed by atoms with Gasteiger partial charge in [0.1, 0.15) is 10.7 Å². The first-order chi connectivity index (χ1) is 11.9. The fourth-order valence-corrected chi connectivity index (χ4v) is 4.27. The van der Waals surface area contributed by atoms with Gasteiger partial charge in [0.05, 0.1) is 17.6 Å². The SMILES string of the molecule is Cc1cc2c(=O)[nH]c(CN(Cc3c(C)nn(C)c3C)C3CC3)nc2s1. The van der Waals surface area contributed by atoms with Crippen molar-refractivity contribution >= 4 is 21.6 Å². The number of thiophene rings is 1. The van der Waals surface area contributed by atoms with Gasteiger partial charge >= 0.3 is 0 Å². The standard InChI is InChI=1S/C18H23N5OS/c1-10-7-14-17(24)19-16(20-18(14)25-10)9-23(13-5-6-13)8-15-11(2)21-22(4)12(15)3/h7,13H,5-6,8-9H2,1-4H3,(H,19,20,24). The molecule has 6 nitrogen and oxygen atoms in total. The number of nitrogens with zero attached hydrogens (tertiary/aromatic N) is 4. The van der Waals surface area contributed by atoms with Crippen LogP contribution in [0.5, 0.6) is 0 Å². The summed E-state index contributed by atoms with van der Waals surface area (Å²) in [5, 5.41) is 5.22. The van der Waals surface area contributed by atoms with E-state index in [0.29, 0.717) is 18.0 Å². The second-order valence-corrected chi connectivity index (χ2v) is 8.23. The van der Waals surface area contributed by atoms with Crippen molar-refractivity contribution in [1.82, 2.24) is 24.6 Å². The minimum Gasteiger partial charge on any atom is -0.309 e. The van der Waals surface area contributed by atoms with E-state index in [-0.39, 0.29) is 5.56 Å². The van der Waals surface area contributed by atoms with Crippen molar-refractivity contribution in [3.8, 4) is 0 Å². The van der Waals surface area contributed by atoms with Gasteiger partial charge in [0.2, 0.25) is 0 Å². The Hall–Kier alpha value is -1.99. The van der Waals surface area contributed by atoms with E-state index in [4.69, 9.17) is 4.98 Å². The first-order valence-corrected chi connectivity index (χ1v) is 9.46. The molecule has 0 atom stereocenters. The number of H-pyrrole nitrogens is 1. The zero-order valence-corrected chi connectivity index (χ0v) is 15.9. The average molecular weight is 357 g/mol. The summed E-state index contributed by atoms with van der Waals surface area (Å²) in [6.07, 6.45) is 2.42. The summed E-state index contributed by atoms with van der Waals surface area (Å²) in [5.74, 6) is 0.755. The molecule has 0 aliphatic heterocycles. The molecule has 3 aromatic rings. The van der Waals surface area contributed by atoms with Gasteiger partial charge in [-0.2, -0.15) is 5.10 Å². The molecule has 3 aromatic heterocycles. The van der Waals surface area contributed by atoms with Gasteiger partial charge in [-0.25, -0.2) is 4.98 Å². The molecule has 4 rings (SSSR count). The maximum Gasteiger partial charge on any atom is 0.259 e. The second kappa shape index (κ2) is 6.07. The number of aryl methyl sites for hydroxylation is 3. The zero-order valence-electron chi connectivity index (χ0n) is 15.1. The lowest BCUT2D eigenvalue weighted by Crippen LogP contribution is -2.28. The maximum absolute atomic E-state index is 12.3. The molecule has 0 spiro atoms. The summed E-state index contributed by atoms with van der Waals surface area (Å²) in [5.41, 5.74) is 3.53. The van der Waals surface area contributed by atoms with Crippen molar-refractivity contribution in [3.05, 3.63) is 44.1 Å². The Labute approximate surface area is 150 Å². The topological polar surface area (TPSA) is 66.8 Å². The van der Waals surface area contributed by atoms with E-state index in [2.05, 4.69) is 28.8 Å². The van der Waals surface area contributed by atoms with Crippen LogP contribution in [-0.2, 0) is 20.1 Å². The molecule has 3 heterocycles. The van der Waals surface area contributed by atoms with Gasteiger partial charge in [0, 0.05) is 35.8 Å². The molecule has 0 radical (unpaired) electrons. The highest BCUT2D eigenvalue weighted by Gasteiger charge is 2.30. The monoisotopic (exact) mass is 357 g/mol. The molecule has 1 saturated carbocycles. The molecular formula is C18H23N5OS. The number of hydrogen-bond acceptors (Lipinski definition) is 5. The highest BCUT2D eigenvalue weighted by Crippen LogP contribution is 2.30. The van der Waals surface area contributed by atoms with Crippen LogP contribution >= 0.6 is 11.3 Å². The van der Waals surface area contributed by atoms with Crippen molar-refractivity contribution < 1.29 is 0 Å². The lowest BCUT2D eigenvalue weighted by molar-refractivity contribution is 0.238. The third-order valence-corrected chi connectivity index (χ3v) is 5.96. The smallest absolute Gasteiger partial charge is 0.259 e. The van der Waals surface area contributed by atoms with Gasteiger partial charge < -0.3 is 4.98 Å². The maximum atomic E-state index is 12.3. The van der Waals surface area contributed by atoms with Gasteiger partial charge in [0.15, 0.2) is 0 Å². The lowest BCUT2D eigenvalue weighted by atomic mass is 10.2. The molecule has 0 unspecified atom stereocenters. The number of aromatic nitrogens is 4. The third kappa shape index (κ3) is 3.14. The number of rotatable bonds is 5. The molecule has 1 aliphatic rings. The largest absolute Gasteiger partial charge is 0.309 e. The molecular weight excluding hydrogens is 334 g/mol. The average Bonchev–Trinajstić information content (AvgIpc) is 3.27. The Balaban J connectivity index is 1.63. The van der Waals surface area contributed by atoms with Crippen LogP contribution in [0.1, 0.15) is 40.5 Å². The normalized spacial score (nSPS) is 14.8. The van der Waals surface area contributed by atoms with Crippen molar-refractivity contribution in [2.45, 2.75) is 52.7 Å². The van der Waals surface area contributed by atoms with Gasteiger partial charge in [-0.15, -0.1) is 11.3 Å².